The Labute approximate surface area is 261 Å². The average Bonchev–Trinajstić information content (AvgIpc) is 3.44. The van der Waals surface area contributed by atoms with Crippen LogP contribution in [0, 0.1) is 0 Å². The van der Waals surface area contributed by atoms with Gasteiger partial charge in [-0.05, 0) is 31.2 Å². The number of benzene rings is 1. The van der Waals surface area contributed by atoms with Crippen LogP contribution in [-0.2, 0) is 52.4 Å². The molecule has 45 heavy (non-hydrogen) atoms. The Morgan fingerprint density at radius 2 is 1.44 bits per heavy atom. The molecule has 0 aliphatic carbocycles. The molecule has 0 amide bonds. The van der Waals surface area contributed by atoms with E-state index in [9.17, 15) is 24.0 Å². The van der Waals surface area contributed by atoms with Crippen molar-refractivity contribution in [2.45, 2.75) is 64.5 Å². The molecule has 16 nitrogen and oxygen atoms in total. The van der Waals surface area contributed by atoms with Crippen molar-refractivity contribution in [3.63, 3.8) is 0 Å². The molecule has 1 aromatic heterocycles. The van der Waals surface area contributed by atoms with E-state index in [1.807, 2.05) is 0 Å². The van der Waals surface area contributed by atoms with E-state index in [4.69, 9.17) is 43.3 Å². The fraction of sp³-hybridized carbons (Fsp3) is 0.464. The van der Waals surface area contributed by atoms with E-state index in [0.717, 1.165) is 27.7 Å². The highest BCUT2D eigenvalue weighted by Crippen LogP contribution is 2.38. The molecule has 2 N–H and O–H groups in total. The zero-order valence-electron chi connectivity index (χ0n) is 25.3. The Morgan fingerprint density at radius 3 is 2.00 bits per heavy atom. The van der Waals surface area contributed by atoms with Crippen molar-refractivity contribution in [3.8, 4) is 17.2 Å². The number of esters is 5. The minimum absolute atomic E-state index is 0.0290. The number of carbonyl (C=O) groups excluding carboxylic acids is 5. The van der Waals surface area contributed by atoms with E-state index in [0.29, 0.717) is 23.1 Å². The van der Waals surface area contributed by atoms with E-state index < -0.39 is 66.3 Å². The third-order valence-corrected chi connectivity index (χ3v) is 6.96. The minimum Gasteiger partial charge on any atom is -0.497 e. The second-order valence-corrected chi connectivity index (χ2v) is 10.4. The highest BCUT2D eigenvalue weighted by Gasteiger charge is 2.52. The summed E-state index contributed by atoms with van der Waals surface area (Å²) in [6.07, 6.45) is -5.47. The number of nitrogens with zero attached hydrogens (tertiary/aromatic N) is 2. The quantitative estimate of drug-likeness (QED) is 0.196. The first-order valence-electron chi connectivity index (χ1n) is 13.5. The molecule has 2 aromatic rings. The Kier molecular flexibility index (Phi) is 12.3. The molecular weight excluding hydrogens is 618 g/mol. The predicted octanol–water partition coefficient (Wildman–Crippen LogP) is 1.75. The van der Waals surface area contributed by atoms with Gasteiger partial charge in [-0.3, -0.25) is 19.2 Å². The van der Waals surface area contributed by atoms with Gasteiger partial charge in [0.2, 0.25) is 5.89 Å². The van der Waals surface area contributed by atoms with Gasteiger partial charge in [0, 0.05) is 33.3 Å². The van der Waals surface area contributed by atoms with Crippen LogP contribution in [0.25, 0.3) is 17.0 Å². The molecule has 5 atom stereocenters. The third kappa shape index (κ3) is 9.42. The summed E-state index contributed by atoms with van der Waals surface area (Å²) in [6.45, 7) is 5.55. The fourth-order valence-electron chi connectivity index (χ4n) is 4.14. The van der Waals surface area contributed by atoms with Gasteiger partial charge in [0.1, 0.15) is 18.5 Å². The predicted molar refractivity (Wildman–Crippen MR) is 154 cm³/mol. The van der Waals surface area contributed by atoms with E-state index in [2.05, 4.69) is 10.2 Å². The zero-order chi connectivity index (χ0) is 33.3. The summed E-state index contributed by atoms with van der Waals surface area (Å²) in [5.41, 5.74) is 5.28. The minimum atomic E-state index is -1.44. The van der Waals surface area contributed by atoms with Crippen LogP contribution in [-0.4, -0.2) is 90.2 Å². The number of carbonyl (C=O) groups is 5. The Morgan fingerprint density at radius 1 is 0.844 bits per heavy atom. The van der Waals surface area contributed by atoms with Crippen LogP contribution in [0.15, 0.2) is 33.7 Å². The molecule has 1 fully saturated rings. The number of nitrogens with two attached hydrogens (primary N) is 1. The number of ether oxygens (including phenoxy) is 7. The molecule has 1 aliphatic rings. The summed E-state index contributed by atoms with van der Waals surface area (Å²) in [5, 5.41) is 7.71. The molecule has 1 aromatic carbocycles. The lowest BCUT2D eigenvalue weighted by Crippen LogP contribution is -2.61. The van der Waals surface area contributed by atoms with Crippen LogP contribution in [0.4, 0.5) is 0 Å². The van der Waals surface area contributed by atoms with Crippen molar-refractivity contribution < 1.29 is 61.5 Å². The first-order valence-corrected chi connectivity index (χ1v) is 14.3. The van der Waals surface area contributed by atoms with Gasteiger partial charge in [-0.1, -0.05) is 11.8 Å². The SMILES string of the molecule is CCOC(=O)C(=C(N)SC1OC(COC(C)=O)C(OC(C)=O)C(OC(C)=O)C1OC(C)=O)c1nnc(-c2ccc(OC)cc2)o1. The van der Waals surface area contributed by atoms with Crippen LogP contribution in [0.1, 0.15) is 40.5 Å². The Balaban J connectivity index is 2.08. The Bertz CT molecular complexity index is 1420. The van der Waals surface area contributed by atoms with Gasteiger partial charge >= 0.3 is 29.8 Å². The summed E-state index contributed by atoms with van der Waals surface area (Å²) >= 11 is 0.668. The van der Waals surface area contributed by atoms with Crippen molar-refractivity contribution in [2.75, 3.05) is 20.3 Å². The molecule has 2 heterocycles. The molecule has 17 heteroatoms. The largest absolute Gasteiger partial charge is 0.497 e. The van der Waals surface area contributed by atoms with Crippen molar-refractivity contribution in [1.82, 2.24) is 10.2 Å². The molecular formula is C28H33N3O13S. The number of aromatic nitrogens is 2. The zero-order valence-corrected chi connectivity index (χ0v) is 26.1. The van der Waals surface area contributed by atoms with Gasteiger partial charge in [0.05, 0.1) is 18.7 Å². The van der Waals surface area contributed by atoms with Crippen molar-refractivity contribution >= 4 is 47.2 Å². The maximum Gasteiger partial charge on any atom is 0.346 e. The standard InChI is InChI=1S/C28H33N3O13S/c1-7-38-27(36)20(26-31-30-25(44-26)17-8-10-18(37-6)11-9-17)24(29)45-28-23(42-16(5)35)22(41-15(4)34)21(40-14(3)33)19(43-28)12-39-13(2)32/h8-11,19,21-23,28H,7,12,29H2,1-6H3. The Hall–Kier alpha value is -4.64. The number of methoxy groups -OCH3 is 1. The van der Waals surface area contributed by atoms with Gasteiger partial charge in [-0.2, -0.15) is 0 Å². The van der Waals surface area contributed by atoms with Crippen molar-refractivity contribution in [1.29, 1.82) is 0 Å². The molecule has 0 bridgehead atoms. The second-order valence-electron chi connectivity index (χ2n) is 9.29. The van der Waals surface area contributed by atoms with Crippen LogP contribution < -0.4 is 10.5 Å². The number of rotatable bonds is 12. The number of thioether (sulfide) groups is 1. The molecule has 3 rings (SSSR count). The lowest BCUT2D eigenvalue weighted by atomic mass is 9.99. The van der Waals surface area contributed by atoms with Gasteiger partial charge < -0.3 is 43.3 Å². The third-order valence-electron chi connectivity index (χ3n) is 5.89. The van der Waals surface area contributed by atoms with Crippen LogP contribution in [0.2, 0.25) is 0 Å². The lowest BCUT2D eigenvalue weighted by Gasteiger charge is -2.44. The van der Waals surface area contributed by atoms with Crippen LogP contribution in [0.3, 0.4) is 0 Å². The summed E-state index contributed by atoms with van der Waals surface area (Å²) < 4.78 is 43.5. The molecule has 0 spiro atoms. The highest BCUT2D eigenvalue weighted by atomic mass is 32.2. The summed E-state index contributed by atoms with van der Waals surface area (Å²) in [7, 11) is 1.52. The van der Waals surface area contributed by atoms with E-state index >= 15 is 0 Å². The van der Waals surface area contributed by atoms with Gasteiger partial charge in [-0.25, -0.2) is 4.79 Å². The summed E-state index contributed by atoms with van der Waals surface area (Å²) in [4.78, 5) is 61.0. The second kappa shape index (κ2) is 15.9. The van der Waals surface area contributed by atoms with Gasteiger partial charge in [0.15, 0.2) is 29.3 Å². The van der Waals surface area contributed by atoms with Crippen LogP contribution >= 0.6 is 11.8 Å². The average molecular weight is 652 g/mol. The first-order chi connectivity index (χ1) is 21.3. The normalized spacial score (nSPS) is 21.5. The summed E-state index contributed by atoms with van der Waals surface area (Å²) in [6, 6.07) is 6.69. The fourth-order valence-corrected chi connectivity index (χ4v) is 5.22. The van der Waals surface area contributed by atoms with Crippen molar-refractivity contribution in [3.05, 3.63) is 35.2 Å². The number of hydrogen-bond acceptors (Lipinski definition) is 17. The number of hydrogen-bond donors (Lipinski definition) is 1. The smallest absolute Gasteiger partial charge is 0.346 e. The van der Waals surface area contributed by atoms with Crippen LogP contribution in [0.5, 0.6) is 5.75 Å². The van der Waals surface area contributed by atoms with Gasteiger partial charge in [-0.15, -0.1) is 10.2 Å². The molecule has 244 valence electrons. The molecule has 5 unspecified atom stereocenters. The van der Waals surface area contributed by atoms with E-state index in [1.54, 1.807) is 31.2 Å². The van der Waals surface area contributed by atoms with Crippen molar-refractivity contribution in [2.24, 2.45) is 5.73 Å². The first kappa shape index (κ1) is 34.8. The highest BCUT2D eigenvalue weighted by molar-refractivity contribution is 8.03. The molecule has 0 saturated carbocycles. The maximum absolute atomic E-state index is 13.1. The van der Waals surface area contributed by atoms with Gasteiger partial charge in [0.25, 0.3) is 5.89 Å². The maximum atomic E-state index is 13.1. The lowest BCUT2D eigenvalue weighted by molar-refractivity contribution is -0.237. The van der Waals surface area contributed by atoms with E-state index in [-0.39, 0.29) is 29.0 Å². The topological polar surface area (TPSA) is 215 Å². The summed E-state index contributed by atoms with van der Waals surface area (Å²) in [5.74, 6) is -3.64. The molecule has 0 radical (unpaired) electrons. The molecule has 1 aliphatic heterocycles. The monoisotopic (exact) mass is 651 g/mol. The molecule has 1 saturated heterocycles. The van der Waals surface area contributed by atoms with E-state index in [1.165, 1.54) is 7.11 Å².